The van der Waals surface area contributed by atoms with Gasteiger partial charge in [0, 0.05) is 39.3 Å². The molecule has 30 heavy (non-hydrogen) atoms. The molecule has 10 heteroatoms. The van der Waals surface area contributed by atoms with Crippen LogP contribution in [0.2, 0.25) is 5.15 Å². The lowest BCUT2D eigenvalue weighted by atomic mass is 9.93. The van der Waals surface area contributed by atoms with Crippen LogP contribution in [0.3, 0.4) is 0 Å². The number of aliphatic hydroxyl groups excluding tert-OH is 1. The number of aromatic nitrogens is 4. The van der Waals surface area contributed by atoms with Gasteiger partial charge in [0.25, 0.3) is 0 Å². The first-order valence-electron chi connectivity index (χ1n) is 11.1. The van der Waals surface area contributed by atoms with Crippen molar-refractivity contribution in [2.24, 2.45) is 0 Å². The molecule has 0 radical (unpaired) electrons. The number of halogens is 1. The molecule has 2 aromatic rings. The molecule has 9 nitrogen and oxygen atoms in total. The highest BCUT2D eigenvalue weighted by Gasteiger charge is 2.27. The van der Waals surface area contributed by atoms with Crippen molar-refractivity contribution in [3.8, 4) is 0 Å². The Morgan fingerprint density at radius 2 is 1.67 bits per heavy atom. The van der Waals surface area contributed by atoms with E-state index >= 15 is 0 Å². The van der Waals surface area contributed by atoms with Gasteiger partial charge in [0.05, 0.1) is 12.1 Å². The number of hydrogen-bond acceptors (Lipinski definition) is 9. The Hall–Kier alpha value is -1.97. The second-order valence-corrected chi connectivity index (χ2v) is 8.77. The first kappa shape index (κ1) is 20.0. The summed E-state index contributed by atoms with van der Waals surface area (Å²) >= 11 is 6.53. The van der Waals surface area contributed by atoms with Crippen LogP contribution in [0.1, 0.15) is 38.5 Å². The number of nitrogens with zero attached hydrogens (tertiary/aromatic N) is 6. The zero-order valence-electron chi connectivity index (χ0n) is 17.1. The fourth-order valence-electron chi connectivity index (χ4n) is 4.60. The number of rotatable bonds is 4. The molecule has 0 amide bonds. The van der Waals surface area contributed by atoms with Crippen molar-refractivity contribution in [3.63, 3.8) is 0 Å². The van der Waals surface area contributed by atoms with Crippen LogP contribution in [-0.2, 0) is 0 Å². The van der Waals surface area contributed by atoms with Crippen molar-refractivity contribution in [2.75, 3.05) is 54.4 Å². The zero-order chi connectivity index (χ0) is 20.5. The Kier molecular flexibility index (Phi) is 5.75. The third-order valence-electron chi connectivity index (χ3n) is 6.32. The Bertz CT molecular complexity index is 900. The summed E-state index contributed by atoms with van der Waals surface area (Å²) < 4.78 is 0. The number of aliphatic hydroxyl groups is 1. The average Bonchev–Trinajstić information content (AvgIpc) is 3.30. The molecule has 2 saturated heterocycles. The Morgan fingerprint density at radius 3 is 2.43 bits per heavy atom. The molecule has 0 unspecified atom stereocenters. The van der Waals surface area contributed by atoms with Gasteiger partial charge >= 0.3 is 0 Å². The van der Waals surface area contributed by atoms with Crippen molar-refractivity contribution in [3.05, 3.63) is 5.15 Å². The minimum absolute atomic E-state index is 0.0597. The maximum atomic E-state index is 10.3. The monoisotopic (exact) mass is 432 g/mol. The van der Waals surface area contributed by atoms with Crippen molar-refractivity contribution in [2.45, 2.75) is 50.7 Å². The molecule has 1 aliphatic carbocycles. The molecule has 0 aromatic carbocycles. The predicted molar refractivity (Wildman–Crippen MR) is 119 cm³/mol. The van der Waals surface area contributed by atoms with Gasteiger partial charge in [0.1, 0.15) is 0 Å². The van der Waals surface area contributed by atoms with E-state index in [0.29, 0.717) is 28.1 Å². The number of anilines is 3. The topological polar surface area (TPSA) is 102 Å². The molecular weight excluding hydrogens is 404 g/mol. The van der Waals surface area contributed by atoms with Crippen molar-refractivity contribution < 1.29 is 5.11 Å². The maximum absolute atomic E-state index is 10.3. The summed E-state index contributed by atoms with van der Waals surface area (Å²) in [7, 11) is 0. The number of fused-ring (bicyclic) bond motifs is 1. The van der Waals surface area contributed by atoms with Crippen LogP contribution in [0.5, 0.6) is 0 Å². The molecule has 1 saturated carbocycles. The molecule has 4 heterocycles. The van der Waals surface area contributed by atoms with Gasteiger partial charge in [-0.3, -0.25) is 0 Å². The van der Waals surface area contributed by atoms with Gasteiger partial charge in [-0.1, -0.05) is 24.4 Å². The van der Waals surface area contributed by atoms with Crippen LogP contribution in [0.25, 0.3) is 11.2 Å². The Morgan fingerprint density at radius 1 is 0.900 bits per heavy atom. The molecule has 2 atom stereocenters. The maximum Gasteiger partial charge on any atom is 0.229 e. The summed E-state index contributed by atoms with van der Waals surface area (Å²) in [6, 6.07) is -0.0597. The lowest BCUT2D eigenvalue weighted by molar-refractivity contribution is 0.116. The number of piperazine rings is 1. The van der Waals surface area contributed by atoms with Crippen LogP contribution in [-0.4, -0.2) is 76.5 Å². The molecule has 0 spiro atoms. The second-order valence-electron chi connectivity index (χ2n) is 8.42. The molecule has 0 bridgehead atoms. The van der Waals surface area contributed by atoms with E-state index in [-0.39, 0.29) is 6.04 Å². The summed E-state index contributed by atoms with van der Waals surface area (Å²) in [5.41, 5.74) is 1.20. The Labute approximate surface area is 181 Å². The predicted octanol–water partition coefficient (Wildman–Crippen LogP) is 1.80. The van der Waals surface area contributed by atoms with Gasteiger partial charge in [-0.15, -0.1) is 0 Å². The molecule has 162 valence electrons. The molecule has 3 fully saturated rings. The van der Waals surface area contributed by atoms with E-state index < -0.39 is 6.10 Å². The minimum atomic E-state index is -0.394. The average molecular weight is 433 g/mol. The molecule has 2 aromatic heterocycles. The van der Waals surface area contributed by atoms with Gasteiger partial charge < -0.3 is 25.5 Å². The van der Waals surface area contributed by atoms with E-state index in [2.05, 4.69) is 25.4 Å². The fourth-order valence-corrected chi connectivity index (χ4v) is 4.79. The molecular formula is C20H29ClN8O. The van der Waals surface area contributed by atoms with Gasteiger partial charge in [0.15, 0.2) is 28.0 Å². The summed E-state index contributed by atoms with van der Waals surface area (Å²) in [6.45, 7) is 5.48. The largest absolute Gasteiger partial charge is 0.391 e. The first-order valence-corrected chi connectivity index (χ1v) is 11.5. The van der Waals surface area contributed by atoms with Crippen LogP contribution in [0.4, 0.5) is 17.6 Å². The van der Waals surface area contributed by atoms with E-state index in [0.717, 1.165) is 83.6 Å². The van der Waals surface area contributed by atoms with Crippen LogP contribution in [0.15, 0.2) is 0 Å². The van der Waals surface area contributed by atoms with E-state index in [9.17, 15) is 5.11 Å². The van der Waals surface area contributed by atoms with Crippen molar-refractivity contribution >= 4 is 40.3 Å². The van der Waals surface area contributed by atoms with Crippen LogP contribution < -0.4 is 20.4 Å². The van der Waals surface area contributed by atoms with E-state index in [1.165, 1.54) is 0 Å². The quantitative estimate of drug-likeness (QED) is 0.667. The van der Waals surface area contributed by atoms with Crippen molar-refractivity contribution in [1.82, 2.24) is 25.3 Å². The van der Waals surface area contributed by atoms with Crippen LogP contribution >= 0.6 is 11.6 Å². The summed E-state index contributed by atoms with van der Waals surface area (Å²) in [5.74, 6) is 2.02. The van der Waals surface area contributed by atoms with Gasteiger partial charge in [-0.25, -0.2) is 9.97 Å². The standard InChI is InChI=1S/C20H29ClN8O/c21-16-18(23-13-5-1-2-6-14(13)30)25-17-15(24-16)19(28-9-3-4-10-28)27-20(26-17)29-11-7-22-8-12-29/h13-14,22,30H,1-12H2,(H,23,25,26,27)/t13-,14+/m0/s1. The number of nitrogens with one attached hydrogen (secondary N) is 2. The first-order chi connectivity index (χ1) is 14.7. The third kappa shape index (κ3) is 3.98. The minimum Gasteiger partial charge on any atom is -0.391 e. The van der Waals surface area contributed by atoms with E-state index in [1.54, 1.807) is 0 Å². The summed E-state index contributed by atoms with van der Waals surface area (Å²) in [5, 5.41) is 17.3. The highest BCUT2D eigenvalue weighted by Crippen LogP contribution is 2.31. The van der Waals surface area contributed by atoms with Gasteiger partial charge in [-0.2, -0.15) is 9.97 Å². The highest BCUT2D eigenvalue weighted by molar-refractivity contribution is 6.32. The molecule has 2 aliphatic heterocycles. The van der Waals surface area contributed by atoms with E-state index in [4.69, 9.17) is 26.6 Å². The molecule has 5 rings (SSSR count). The SMILES string of the molecule is O[C@@H]1CCCC[C@@H]1Nc1nc2nc(N3CCNCC3)nc(N3CCCC3)c2nc1Cl. The smallest absolute Gasteiger partial charge is 0.229 e. The second kappa shape index (κ2) is 8.64. The lowest BCUT2D eigenvalue weighted by Gasteiger charge is -2.29. The lowest BCUT2D eigenvalue weighted by Crippen LogP contribution is -2.44. The zero-order valence-corrected chi connectivity index (χ0v) is 17.9. The van der Waals surface area contributed by atoms with Crippen LogP contribution in [0, 0.1) is 0 Å². The van der Waals surface area contributed by atoms with Crippen molar-refractivity contribution in [1.29, 1.82) is 0 Å². The fraction of sp³-hybridized carbons (Fsp3) is 0.700. The Balaban J connectivity index is 1.54. The molecule has 3 aliphatic rings. The summed E-state index contributed by atoms with van der Waals surface area (Å²) in [6.07, 6.45) is 5.73. The van der Waals surface area contributed by atoms with E-state index in [1.807, 2.05) is 0 Å². The summed E-state index contributed by atoms with van der Waals surface area (Å²) in [4.78, 5) is 23.5. The third-order valence-corrected chi connectivity index (χ3v) is 6.58. The molecule has 3 N–H and O–H groups in total. The normalized spacial score (nSPS) is 25.1. The van der Waals surface area contributed by atoms with Gasteiger partial charge in [0.2, 0.25) is 5.95 Å². The number of hydrogen-bond donors (Lipinski definition) is 3. The van der Waals surface area contributed by atoms with Gasteiger partial charge in [-0.05, 0) is 25.7 Å². The highest BCUT2D eigenvalue weighted by atomic mass is 35.5.